The molecule has 1 aromatic rings. The molecule has 6 heteroatoms. The zero-order valence-corrected chi connectivity index (χ0v) is 10.4. The Labute approximate surface area is 109 Å². The summed E-state index contributed by atoms with van der Waals surface area (Å²) >= 11 is 0. The number of aliphatic hydroxyl groups is 2. The molecule has 2 atom stereocenters. The van der Waals surface area contributed by atoms with E-state index in [1.165, 1.54) is 4.90 Å². The van der Waals surface area contributed by atoms with Crippen molar-refractivity contribution in [3.05, 3.63) is 23.8 Å². The standard InChI is InChI=1S/C13H14N2O4/c1-14-9-4-7(15-5-10(16)11(17)6-15)2-3-8(9)12(18)13(14)19/h2-4,10-11,16-17H,5-6H2,1H3. The Bertz CT molecular complexity index is 562. The highest BCUT2D eigenvalue weighted by atomic mass is 16.3. The summed E-state index contributed by atoms with van der Waals surface area (Å²) in [7, 11) is 1.56. The summed E-state index contributed by atoms with van der Waals surface area (Å²) in [6.07, 6.45) is -1.54. The third-order valence-corrected chi connectivity index (χ3v) is 3.71. The van der Waals surface area contributed by atoms with Crippen LogP contribution in [0.15, 0.2) is 18.2 Å². The first kappa shape index (κ1) is 12.1. The first-order valence-corrected chi connectivity index (χ1v) is 6.06. The highest BCUT2D eigenvalue weighted by Gasteiger charge is 2.35. The SMILES string of the molecule is CN1C(=O)C(=O)c2ccc(N3CC(O)C(O)C3)cc21. The van der Waals surface area contributed by atoms with E-state index < -0.39 is 23.9 Å². The van der Waals surface area contributed by atoms with Gasteiger partial charge in [0.25, 0.3) is 11.7 Å². The molecule has 0 saturated carbocycles. The van der Waals surface area contributed by atoms with Crippen molar-refractivity contribution >= 4 is 23.1 Å². The normalized spacial score (nSPS) is 26.3. The van der Waals surface area contributed by atoms with Gasteiger partial charge in [0.05, 0.1) is 23.5 Å². The Morgan fingerprint density at radius 1 is 1.16 bits per heavy atom. The average Bonchev–Trinajstić information content (AvgIpc) is 2.84. The molecular weight excluding hydrogens is 248 g/mol. The fourth-order valence-electron chi connectivity index (χ4n) is 2.54. The van der Waals surface area contributed by atoms with Gasteiger partial charge in [-0.25, -0.2) is 0 Å². The number of Topliss-reactive ketones (excluding diaryl/α,β-unsaturated/α-hetero) is 1. The average molecular weight is 262 g/mol. The summed E-state index contributed by atoms with van der Waals surface area (Å²) in [5, 5.41) is 19.1. The van der Waals surface area contributed by atoms with Crippen LogP contribution >= 0.6 is 0 Å². The fraction of sp³-hybridized carbons (Fsp3) is 0.385. The molecule has 0 spiro atoms. The lowest BCUT2D eigenvalue weighted by atomic mass is 10.1. The van der Waals surface area contributed by atoms with Crippen LogP contribution < -0.4 is 9.80 Å². The molecule has 2 aliphatic heterocycles. The van der Waals surface area contributed by atoms with E-state index in [9.17, 15) is 19.8 Å². The molecule has 1 aromatic carbocycles. The number of anilines is 2. The van der Waals surface area contributed by atoms with Gasteiger partial charge in [0.1, 0.15) is 0 Å². The Kier molecular flexibility index (Phi) is 2.58. The van der Waals surface area contributed by atoms with Gasteiger partial charge < -0.3 is 20.0 Å². The number of β-amino-alcohol motifs (C(OH)–C–C–N with tert-alkyl or cyclic N) is 2. The number of carbonyl (C=O) groups excluding carboxylic acids is 2. The Morgan fingerprint density at radius 2 is 1.79 bits per heavy atom. The highest BCUT2D eigenvalue weighted by molar-refractivity contribution is 6.52. The number of nitrogens with zero attached hydrogens (tertiary/aromatic N) is 2. The number of aliphatic hydroxyl groups excluding tert-OH is 2. The minimum absolute atomic E-state index is 0.339. The van der Waals surface area contributed by atoms with Crippen LogP contribution in [0.1, 0.15) is 10.4 Å². The van der Waals surface area contributed by atoms with Gasteiger partial charge in [-0.3, -0.25) is 9.59 Å². The van der Waals surface area contributed by atoms with E-state index in [0.717, 1.165) is 5.69 Å². The van der Waals surface area contributed by atoms with Crippen molar-refractivity contribution in [2.45, 2.75) is 12.2 Å². The van der Waals surface area contributed by atoms with E-state index in [4.69, 9.17) is 0 Å². The fourth-order valence-corrected chi connectivity index (χ4v) is 2.54. The molecule has 6 nitrogen and oxygen atoms in total. The van der Waals surface area contributed by atoms with Crippen molar-refractivity contribution in [3.63, 3.8) is 0 Å². The molecule has 2 unspecified atom stereocenters. The molecule has 2 aliphatic rings. The third kappa shape index (κ3) is 1.72. The van der Waals surface area contributed by atoms with E-state index >= 15 is 0 Å². The lowest BCUT2D eigenvalue weighted by Gasteiger charge is -2.19. The van der Waals surface area contributed by atoms with E-state index in [0.29, 0.717) is 24.3 Å². The predicted octanol–water partition coefficient (Wildman–Crippen LogP) is -0.613. The van der Waals surface area contributed by atoms with Gasteiger partial charge >= 0.3 is 0 Å². The molecule has 2 heterocycles. The Morgan fingerprint density at radius 3 is 2.42 bits per heavy atom. The van der Waals surface area contributed by atoms with Crippen LogP contribution in [-0.4, -0.2) is 54.2 Å². The van der Waals surface area contributed by atoms with Crippen molar-refractivity contribution in [3.8, 4) is 0 Å². The zero-order chi connectivity index (χ0) is 13.7. The van der Waals surface area contributed by atoms with Crippen LogP contribution in [0, 0.1) is 0 Å². The van der Waals surface area contributed by atoms with E-state index in [1.807, 2.05) is 4.90 Å². The Balaban J connectivity index is 1.96. The van der Waals surface area contributed by atoms with E-state index in [1.54, 1.807) is 25.2 Å². The van der Waals surface area contributed by atoms with Crippen molar-refractivity contribution in [2.75, 3.05) is 29.9 Å². The van der Waals surface area contributed by atoms with Crippen LogP contribution in [0.3, 0.4) is 0 Å². The first-order chi connectivity index (χ1) is 8.99. The second kappa shape index (κ2) is 4.04. The molecule has 0 aromatic heterocycles. The number of fused-ring (bicyclic) bond motifs is 1. The number of ketones is 1. The van der Waals surface area contributed by atoms with Crippen LogP contribution in [0.5, 0.6) is 0 Å². The van der Waals surface area contributed by atoms with Crippen LogP contribution in [-0.2, 0) is 4.79 Å². The smallest absolute Gasteiger partial charge is 0.299 e. The summed E-state index contributed by atoms with van der Waals surface area (Å²) in [6.45, 7) is 0.678. The molecule has 19 heavy (non-hydrogen) atoms. The summed E-state index contributed by atoms with van der Waals surface area (Å²) in [5.41, 5.74) is 1.75. The van der Waals surface area contributed by atoms with Gasteiger partial charge in [-0.15, -0.1) is 0 Å². The summed E-state index contributed by atoms with van der Waals surface area (Å²) in [6, 6.07) is 5.09. The maximum atomic E-state index is 11.7. The minimum atomic E-state index is -0.769. The quantitative estimate of drug-likeness (QED) is 0.660. The predicted molar refractivity (Wildman–Crippen MR) is 68.4 cm³/mol. The monoisotopic (exact) mass is 262 g/mol. The topological polar surface area (TPSA) is 81.1 Å². The summed E-state index contributed by atoms with van der Waals surface area (Å²) in [5.74, 6) is -1.03. The van der Waals surface area contributed by atoms with E-state index in [2.05, 4.69) is 0 Å². The third-order valence-electron chi connectivity index (χ3n) is 3.71. The lowest BCUT2D eigenvalue weighted by Crippen LogP contribution is -2.25. The number of rotatable bonds is 1. The molecule has 100 valence electrons. The number of hydrogen-bond donors (Lipinski definition) is 2. The van der Waals surface area contributed by atoms with Crippen LogP contribution in [0.25, 0.3) is 0 Å². The second-order valence-electron chi connectivity index (χ2n) is 4.93. The number of likely N-dealkylation sites (N-methyl/N-ethyl adjacent to an activating group) is 1. The summed E-state index contributed by atoms with van der Waals surface area (Å²) in [4.78, 5) is 26.4. The van der Waals surface area contributed by atoms with Crippen molar-refractivity contribution in [1.29, 1.82) is 0 Å². The van der Waals surface area contributed by atoms with Crippen LogP contribution in [0.4, 0.5) is 11.4 Å². The molecular formula is C13H14N2O4. The second-order valence-corrected chi connectivity index (χ2v) is 4.93. The van der Waals surface area contributed by atoms with Gasteiger partial charge in [-0.05, 0) is 18.2 Å². The minimum Gasteiger partial charge on any atom is -0.389 e. The first-order valence-electron chi connectivity index (χ1n) is 6.06. The lowest BCUT2D eigenvalue weighted by molar-refractivity contribution is -0.114. The van der Waals surface area contributed by atoms with Crippen molar-refractivity contribution < 1.29 is 19.8 Å². The number of carbonyl (C=O) groups is 2. The molecule has 0 aliphatic carbocycles. The van der Waals surface area contributed by atoms with Gasteiger partial charge in [-0.1, -0.05) is 0 Å². The van der Waals surface area contributed by atoms with E-state index in [-0.39, 0.29) is 0 Å². The molecule has 1 amide bonds. The molecule has 0 radical (unpaired) electrons. The van der Waals surface area contributed by atoms with Crippen molar-refractivity contribution in [1.82, 2.24) is 0 Å². The number of hydrogen-bond acceptors (Lipinski definition) is 5. The van der Waals surface area contributed by atoms with Gasteiger partial charge in [0, 0.05) is 25.8 Å². The number of amides is 1. The summed E-state index contributed by atoms with van der Waals surface area (Å²) < 4.78 is 0. The molecule has 0 bridgehead atoms. The van der Waals surface area contributed by atoms with Gasteiger partial charge in [0.2, 0.25) is 0 Å². The van der Waals surface area contributed by atoms with Crippen LogP contribution in [0.2, 0.25) is 0 Å². The van der Waals surface area contributed by atoms with Gasteiger partial charge in [-0.2, -0.15) is 0 Å². The zero-order valence-electron chi connectivity index (χ0n) is 10.4. The highest BCUT2D eigenvalue weighted by Crippen LogP contribution is 2.33. The van der Waals surface area contributed by atoms with Crippen molar-refractivity contribution in [2.24, 2.45) is 0 Å². The van der Waals surface area contributed by atoms with Gasteiger partial charge in [0.15, 0.2) is 0 Å². The maximum Gasteiger partial charge on any atom is 0.299 e. The Hall–Kier alpha value is -1.92. The number of benzene rings is 1. The molecule has 2 N–H and O–H groups in total. The maximum absolute atomic E-state index is 11.7. The molecule has 3 rings (SSSR count). The molecule has 1 fully saturated rings. The largest absolute Gasteiger partial charge is 0.389 e. The molecule has 1 saturated heterocycles.